The molecule has 0 aromatic heterocycles. The average Bonchev–Trinajstić information content (AvgIpc) is 2.29. The first-order chi connectivity index (χ1) is 7.61. The summed E-state index contributed by atoms with van der Waals surface area (Å²) in [5.41, 5.74) is 8.87. The van der Waals surface area contributed by atoms with Gasteiger partial charge in [-0.05, 0) is 31.8 Å². The Kier molecular flexibility index (Phi) is 5.06. The number of hydrogen-bond donors (Lipinski definition) is 2. The Morgan fingerprint density at radius 2 is 2.25 bits per heavy atom. The van der Waals surface area contributed by atoms with E-state index in [2.05, 4.69) is 36.7 Å². The van der Waals surface area contributed by atoms with Gasteiger partial charge in [0.15, 0.2) is 0 Å². The van der Waals surface area contributed by atoms with Crippen LogP contribution < -0.4 is 11.1 Å². The van der Waals surface area contributed by atoms with Crippen LogP contribution in [0.5, 0.6) is 0 Å². The summed E-state index contributed by atoms with van der Waals surface area (Å²) < 4.78 is 0. The van der Waals surface area contributed by atoms with E-state index in [0.717, 1.165) is 24.2 Å². The largest absolute Gasteiger partial charge is 0.385 e. The van der Waals surface area contributed by atoms with Crippen molar-refractivity contribution in [1.29, 1.82) is 0 Å². The summed E-state index contributed by atoms with van der Waals surface area (Å²) in [4.78, 5) is 0. The van der Waals surface area contributed by atoms with Crippen LogP contribution in [-0.4, -0.2) is 12.6 Å². The van der Waals surface area contributed by atoms with E-state index in [-0.39, 0.29) is 6.04 Å². The van der Waals surface area contributed by atoms with Gasteiger partial charge in [-0.3, -0.25) is 0 Å². The van der Waals surface area contributed by atoms with E-state index < -0.39 is 0 Å². The first-order valence-electron chi connectivity index (χ1n) is 5.84. The van der Waals surface area contributed by atoms with E-state index in [9.17, 15) is 0 Å². The van der Waals surface area contributed by atoms with Crippen molar-refractivity contribution in [2.75, 3.05) is 6.54 Å². The summed E-state index contributed by atoms with van der Waals surface area (Å²) >= 11 is 0. The molecule has 0 heterocycles. The molecule has 0 saturated heterocycles. The number of nitrogens with two attached hydrogens (primary N) is 1. The van der Waals surface area contributed by atoms with Crippen molar-refractivity contribution in [3.05, 3.63) is 48.2 Å². The number of allylic oxidation sites excluding steroid dienone is 3. The molecular formula is C14H22N2. The lowest BCUT2D eigenvalue weighted by Crippen LogP contribution is -2.25. The van der Waals surface area contributed by atoms with Crippen molar-refractivity contribution < 1.29 is 0 Å². The van der Waals surface area contributed by atoms with Crippen LogP contribution in [0.2, 0.25) is 0 Å². The smallest absolute Gasteiger partial charge is 0.0309 e. The molecule has 3 N–H and O–H groups in total. The second-order valence-corrected chi connectivity index (χ2v) is 4.23. The molecule has 0 bridgehead atoms. The van der Waals surface area contributed by atoms with Gasteiger partial charge in [-0.25, -0.2) is 0 Å². The third-order valence-corrected chi connectivity index (χ3v) is 2.76. The summed E-state index contributed by atoms with van der Waals surface area (Å²) in [6.45, 7) is 10.6. The second kappa shape index (κ2) is 6.33. The van der Waals surface area contributed by atoms with Crippen LogP contribution in [0.25, 0.3) is 0 Å². The fourth-order valence-electron chi connectivity index (χ4n) is 1.60. The Balaban J connectivity index is 2.25. The molecule has 2 nitrogen and oxygen atoms in total. The van der Waals surface area contributed by atoms with Crippen molar-refractivity contribution in [3.63, 3.8) is 0 Å². The molecule has 0 aromatic rings. The average molecular weight is 218 g/mol. The van der Waals surface area contributed by atoms with Crippen LogP contribution in [-0.2, 0) is 0 Å². The Morgan fingerprint density at radius 1 is 1.50 bits per heavy atom. The normalized spacial score (nSPS) is 16.5. The number of nitrogens with one attached hydrogen (secondary N) is 1. The van der Waals surface area contributed by atoms with Crippen molar-refractivity contribution >= 4 is 0 Å². The highest BCUT2D eigenvalue weighted by Crippen LogP contribution is 2.13. The maximum absolute atomic E-state index is 5.73. The van der Waals surface area contributed by atoms with E-state index in [0.29, 0.717) is 0 Å². The van der Waals surface area contributed by atoms with Gasteiger partial charge in [0.1, 0.15) is 0 Å². The lowest BCUT2D eigenvalue weighted by molar-refractivity contribution is 0.761. The third-order valence-electron chi connectivity index (χ3n) is 2.76. The topological polar surface area (TPSA) is 38.0 Å². The fourth-order valence-corrected chi connectivity index (χ4v) is 1.60. The quantitative estimate of drug-likeness (QED) is 0.673. The molecule has 88 valence electrons. The van der Waals surface area contributed by atoms with E-state index in [4.69, 9.17) is 5.73 Å². The number of hydrogen-bond acceptors (Lipinski definition) is 2. The standard InChI is InChI=1S/C14H22N2/c1-11(12(2)15)13(3)16-10-9-14-7-5-4-6-8-14/h5,7-8,12,16H,1,3-4,6,9-10,15H2,2H3. The van der Waals surface area contributed by atoms with Crippen molar-refractivity contribution in [2.45, 2.75) is 32.2 Å². The predicted molar refractivity (Wildman–Crippen MR) is 71.0 cm³/mol. The minimum atomic E-state index is -0.0335. The van der Waals surface area contributed by atoms with E-state index in [1.165, 1.54) is 18.4 Å². The zero-order valence-electron chi connectivity index (χ0n) is 10.1. The molecular weight excluding hydrogens is 196 g/mol. The van der Waals surface area contributed by atoms with Gasteiger partial charge in [0.05, 0.1) is 0 Å². The van der Waals surface area contributed by atoms with E-state index >= 15 is 0 Å². The van der Waals surface area contributed by atoms with Gasteiger partial charge in [0, 0.05) is 18.3 Å². The van der Waals surface area contributed by atoms with E-state index in [1.807, 2.05) is 6.92 Å². The molecule has 2 heteroatoms. The first-order valence-corrected chi connectivity index (χ1v) is 5.84. The molecule has 0 fully saturated rings. The lowest BCUT2D eigenvalue weighted by atomic mass is 10.0. The van der Waals surface area contributed by atoms with Crippen molar-refractivity contribution in [3.8, 4) is 0 Å². The Labute approximate surface area is 98.6 Å². The van der Waals surface area contributed by atoms with Crippen LogP contribution in [0.4, 0.5) is 0 Å². The molecule has 0 aromatic carbocycles. The second-order valence-electron chi connectivity index (χ2n) is 4.23. The molecule has 1 rings (SSSR count). The fraction of sp³-hybridized carbons (Fsp3) is 0.429. The van der Waals surface area contributed by atoms with Crippen LogP contribution in [0.1, 0.15) is 26.2 Å². The predicted octanol–water partition coefficient (Wildman–Crippen LogP) is 2.66. The summed E-state index contributed by atoms with van der Waals surface area (Å²) in [6.07, 6.45) is 10.1. The SMILES string of the molecule is C=C(NCCC1=CCCC=C1)C(=C)C(C)N. The van der Waals surface area contributed by atoms with Crippen molar-refractivity contribution in [2.24, 2.45) is 5.73 Å². The summed E-state index contributed by atoms with van der Waals surface area (Å²) in [7, 11) is 0. The van der Waals surface area contributed by atoms with Gasteiger partial charge >= 0.3 is 0 Å². The number of rotatable bonds is 6. The molecule has 1 unspecified atom stereocenters. The molecule has 0 radical (unpaired) electrons. The molecule has 16 heavy (non-hydrogen) atoms. The molecule has 0 saturated carbocycles. The van der Waals surface area contributed by atoms with Gasteiger partial charge in [0.25, 0.3) is 0 Å². The maximum atomic E-state index is 5.73. The monoisotopic (exact) mass is 218 g/mol. The van der Waals surface area contributed by atoms with Gasteiger partial charge < -0.3 is 11.1 Å². The molecule has 1 aliphatic carbocycles. The third kappa shape index (κ3) is 4.07. The van der Waals surface area contributed by atoms with Crippen LogP contribution in [0.3, 0.4) is 0 Å². The highest BCUT2D eigenvalue weighted by Gasteiger charge is 2.04. The van der Waals surface area contributed by atoms with Crippen LogP contribution in [0.15, 0.2) is 48.2 Å². The molecule has 0 spiro atoms. The Morgan fingerprint density at radius 3 is 2.81 bits per heavy atom. The van der Waals surface area contributed by atoms with E-state index in [1.54, 1.807) is 0 Å². The lowest BCUT2D eigenvalue weighted by Gasteiger charge is -2.15. The van der Waals surface area contributed by atoms with Crippen LogP contribution in [0, 0.1) is 0 Å². The summed E-state index contributed by atoms with van der Waals surface area (Å²) in [5, 5.41) is 3.26. The van der Waals surface area contributed by atoms with Crippen LogP contribution >= 0.6 is 0 Å². The Bertz CT molecular complexity index is 322. The van der Waals surface area contributed by atoms with Gasteiger partial charge in [-0.15, -0.1) is 0 Å². The zero-order valence-corrected chi connectivity index (χ0v) is 10.1. The zero-order chi connectivity index (χ0) is 12.0. The van der Waals surface area contributed by atoms with Crippen molar-refractivity contribution in [1.82, 2.24) is 5.32 Å². The summed E-state index contributed by atoms with van der Waals surface area (Å²) in [5.74, 6) is 0. The molecule has 1 aliphatic rings. The van der Waals surface area contributed by atoms with Gasteiger partial charge in [0.2, 0.25) is 0 Å². The highest BCUT2D eigenvalue weighted by molar-refractivity contribution is 5.28. The molecule has 1 atom stereocenters. The summed E-state index contributed by atoms with van der Waals surface area (Å²) in [6, 6.07) is -0.0335. The maximum Gasteiger partial charge on any atom is 0.0309 e. The van der Waals surface area contributed by atoms with Gasteiger partial charge in [-0.2, -0.15) is 0 Å². The highest BCUT2D eigenvalue weighted by atomic mass is 14.9. The Hall–Kier alpha value is -1.28. The first kappa shape index (κ1) is 12.8. The molecule has 0 aliphatic heterocycles. The minimum Gasteiger partial charge on any atom is -0.385 e. The van der Waals surface area contributed by atoms with Gasteiger partial charge in [-0.1, -0.05) is 37.0 Å². The minimum absolute atomic E-state index is 0.0335. The molecule has 0 amide bonds.